The lowest BCUT2D eigenvalue weighted by atomic mass is 9.99. The average molecular weight is 680 g/mol. The van der Waals surface area contributed by atoms with Crippen LogP contribution in [0.4, 0.5) is 0 Å². The smallest absolute Gasteiger partial charge is 0.325 e. The van der Waals surface area contributed by atoms with Gasteiger partial charge in [0.25, 0.3) is 0 Å². The van der Waals surface area contributed by atoms with Gasteiger partial charge in [-0.2, -0.15) is 0 Å². The number of carbonyl (C=O) groups is 6. The lowest BCUT2D eigenvalue weighted by Crippen LogP contribution is -2.59. The zero-order chi connectivity index (χ0) is 36.6. The molecule has 0 bridgehead atoms. The second-order valence-corrected chi connectivity index (χ2v) is 12.3. The van der Waals surface area contributed by atoms with Crippen molar-refractivity contribution in [2.24, 2.45) is 34.0 Å². The van der Waals surface area contributed by atoms with Crippen LogP contribution in [0.1, 0.15) is 72.9 Å². The van der Waals surface area contributed by atoms with Crippen LogP contribution in [0.25, 0.3) is 0 Å². The number of carbonyl (C=O) groups excluding carboxylic acids is 5. The third-order valence-electron chi connectivity index (χ3n) is 7.57. The van der Waals surface area contributed by atoms with E-state index in [1.54, 1.807) is 0 Å². The summed E-state index contributed by atoms with van der Waals surface area (Å²) in [7, 11) is 0. The number of hydrogen-bond donors (Lipinski definition) is 10. The number of aromatic amines is 1. The summed E-state index contributed by atoms with van der Waals surface area (Å²) in [5, 5.41) is 22.1. The molecule has 0 spiro atoms. The normalized spacial score (nSPS) is 15.4. The molecular weight excluding hydrogens is 626 g/mol. The molecule has 0 aliphatic rings. The first-order chi connectivity index (χ1) is 22.5. The number of rotatable bonds is 21. The number of H-pyrrole nitrogens is 1. The number of imidazole rings is 1. The van der Waals surface area contributed by atoms with Crippen molar-refractivity contribution in [3.63, 3.8) is 0 Å². The number of aromatic nitrogens is 2. The topological polar surface area (TPSA) is 302 Å². The Kier molecular flexibility index (Phi) is 17.6. The molecule has 18 heteroatoms. The Balaban J connectivity index is 3.24. The molecule has 0 saturated carbocycles. The van der Waals surface area contributed by atoms with E-state index in [1.165, 1.54) is 26.4 Å². The maximum Gasteiger partial charge on any atom is 0.325 e. The Morgan fingerprint density at radius 1 is 0.833 bits per heavy atom. The minimum Gasteiger partial charge on any atom is -0.480 e. The highest BCUT2D eigenvalue weighted by atomic mass is 16.4. The van der Waals surface area contributed by atoms with Crippen LogP contribution < -0.4 is 43.8 Å². The van der Waals surface area contributed by atoms with Crippen LogP contribution in [-0.2, 0) is 35.2 Å². The van der Waals surface area contributed by atoms with Gasteiger partial charge in [0.05, 0.1) is 12.4 Å². The van der Waals surface area contributed by atoms with Gasteiger partial charge in [-0.05, 0) is 44.9 Å². The highest BCUT2D eigenvalue weighted by Gasteiger charge is 2.32. The van der Waals surface area contributed by atoms with Gasteiger partial charge < -0.3 is 53.9 Å². The lowest BCUT2D eigenvalue weighted by Gasteiger charge is -2.27. The van der Waals surface area contributed by atoms with E-state index in [-0.39, 0.29) is 50.0 Å². The van der Waals surface area contributed by atoms with E-state index >= 15 is 0 Å². The third kappa shape index (κ3) is 14.8. The second-order valence-electron chi connectivity index (χ2n) is 12.3. The molecule has 18 nitrogen and oxygen atoms in total. The maximum absolute atomic E-state index is 13.7. The predicted molar refractivity (Wildman–Crippen MR) is 178 cm³/mol. The summed E-state index contributed by atoms with van der Waals surface area (Å²) < 4.78 is 0. The van der Waals surface area contributed by atoms with Crippen LogP contribution >= 0.6 is 0 Å². The molecule has 0 radical (unpaired) electrons. The highest BCUT2D eigenvalue weighted by molar-refractivity contribution is 5.96. The molecule has 0 aliphatic carbocycles. The number of guanidine groups is 1. The summed E-state index contributed by atoms with van der Waals surface area (Å²) in [5.41, 5.74) is 17.3. The summed E-state index contributed by atoms with van der Waals surface area (Å²) in [6, 6.07) is -6.63. The van der Waals surface area contributed by atoms with Gasteiger partial charge in [-0.15, -0.1) is 0 Å². The number of carboxylic acid groups (broad SMARTS) is 1. The van der Waals surface area contributed by atoms with E-state index in [1.807, 2.05) is 27.7 Å². The fraction of sp³-hybridized carbons (Fsp3) is 0.667. The van der Waals surface area contributed by atoms with E-state index < -0.39 is 71.8 Å². The molecule has 0 unspecified atom stereocenters. The summed E-state index contributed by atoms with van der Waals surface area (Å²) in [5.74, 6) is -4.93. The van der Waals surface area contributed by atoms with Gasteiger partial charge in [-0.3, -0.25) is 33.8 Å². The number of aliphatic carboxylic acids is 1. The summed E-state index contributed by atoms with van der Waals surface area (Å²) in [6.07, 6.45) is 3.96. The van der Waals surface area contributed by atoms with Crippen molar-refractivity contribution in [2.45, 2.75) is 110 Å². The number of nitrogens with one attached hydrogen (secondary N) is 6. The van der Waals surface area contributed by atoms with Crippen molar-refractivity contribution in [3.8, 4) is 0 Å². The van der Waals surface area contributed by atoms with Crippen LogP contribution in [0.3, 0.4) is 0 Å². The molecule has 7 atom stereocenters. The second kappa shape index (κ2) is 20.5. The number of aliphatic imine (C=N–C) groups is 1. The van der Waals surface area contributed by atoms with Crippen LogP contribution in [0.2, 0.25) is 0 Å². The minimum atomic E-state index is -1.25. The molecule has 0 aromatic carbocycles. The number of nitrogens with zero attached hydrogens (tertiary/aromatic N) is 2. The molecule has 270 valence electrons. The molecule has 1 heterocycles. The van der Waals surface area contributed by atoms with Gasteiger partial charge in [0.15, 0.2) is 5.96 Å². The van der Waals surface area contributed by atoms with Crippen LogP contribution in [0, 0.1) is 11.8 Å². The SMILES string of the molecule is CC[C@H](C)[C@H](N)C(=O)N[C@@H](C)C(=O)N[C@@H](CCCN=C(N)N)C(=O)N[C@@H](Cc1cnc[nH]1)C(=O)N[C@@H](CC(C)C)C(=O)N[C@@H](C)C(=O)O. The average Bonchev–Trinajstić information content (AvgIpc) is 3.53. The van der Waals surface area contributed by atoms with E-state index in [0.717, 1.165) is 0 Å². The van der Waals surface area contributed by atoms with E-state index in [2.05, 4.69) is 41.5 Å². The molecule has 13 N–H and O–H groups in total. The first-order valence-corrected chi connectivity index (χ1v) is 16.0. The zero-order valence-electron chi connectivity index (χ0n) is 28.5. The number of hydrogen-bond acceptors (Lipinski definition) is 9. The van der Waals surface area contributed by atoms with Crippen molar-refractivity contribution in [2.75, 3.05) is 6.54 Å². The van der Waals surface area contributed by atoms with Gasteiger partial charge >= 0.3 is 5.97 Å². The first-order valence-electron chi connectivity index (χ1n) is 16.0. The Labute approximate surface area is 280 Å². The summed E-state index contributed by atoms with van der Waals surface area (Å²) in [6.45, 7) is 10.3. The van der Waals surface area contributed by atoms with Crippen molar-refractivity contribution < 1.29 is 33.9 Å². The first kappa shape index (κ1) is 41.3. The molecule has 0 saturated heterocycles. The van der Waals surface area contributed by atoms with Crippen molar-refractivity contribution in [1.29, 1.82) is 0 Å². The van der Waals surface area contributed by atoms with Gasteiger partial charge in [-0.25, -0.2) is 4.98 Å². The molecular formula is C30H53N11O7. The molecule has 5 amide bonds. The fourth-order valence-electron chi connectivity index (χ4n) is 4.41. The Bertz CT molecular complexity index is 1250. The standard InChI is InChI=1S/C30H53N11O7/c1-7-16(4)23(31)28(46)37-17(5)24(42)39-20(9-8-10-35-30(32)33)25(43)41-22(12-19-13-34-14-36-19)27(45)40-21(11-15(2)3)26(44)38-18(6)29(47)48/h13-18,20-23H,7-12,31H2,1-6H3,(H,34,36)(H,37,46)(H,38,44)(H,39,42)(H,40,45)(H,41,43)(H,47,48)(H4,32,33,35)/t16-,17-,18-,20-,21-,22-,23-/m0/s1. The Morgan fingerprint density at radius 2 is 1.40 bits per heavy atom. The van der Waals surface area contributed by atoms with Crippen LogP contribution in [-0.4, -0.2) is 99.3 Å². The monoisotopic (exact) mass is 679 g/mol. The van der Waals surface area contributed by atoms with Gasteiger partial charge in [0.1, 0.15) is 30.2 Å². The van der Waals surface area contributed by atoms with Crippen molar-refractivity contribution >= 4 is 41.5 Å². The summed E-state index contributed by atoms with van der Waals surface area (Å²) in [4.78, 5) is 88.0. The number of carboxylic acids is 1. The highest BCUT2D eigenvalue weighted by Crippen LogP contribution is 2.09. The molecule has 1 aromatic heterocycles. The summed E-state index contributed by atoms with van der Waals surface area (Å²) >= 11 is 0. The maximum atomic E-state index is 13.7. The van der Waals surface area contributed by atoms with Crippen LogP contribution in [0.5, 0.6) is 0 Å². The lowest BCUT2D eigenvalue weighted by molar-refractivity contribution is -0.142. The Hall–Kier alpha value is -4.74. The molecule has 0 fully saturated rings. The number of nitrogens with two attached hydrogens (primary N) is 3. The van der Waals surface area contributed by atoms with E-state index in [0.29, 0.717) is 12.1 Å². The number of amides is 5. The predicted octanol–water partition coefficient (Wildman–Crippen LogP) is -2.03. The zero-order valence-corrected chi connectivity index (χ0v) is 28.5. The largest absolute Gasteiger partial charge is 0.480 e. The minimum absolute atomic E-state index is 0.0608. The third-order valence-corrected chi connectivity index (χ3v) is 7.57. The Morgan fingerprint density at radius 3 is 1.94 bits per heavy atom. The van der Waals surface area contributed by atoms with E-state index in [9.17, 15) is 33.9 Å². The van der Waals surface area contributed by atoms with Crippen molar-refractivity contribution in [3.05, 3.63) is 18.2 Å². The molecule has 1 rings (SSSR count). The van der Waals surface area contributed by atoms with Gasteiger partial charge in [-0.1, -0.05) is 34.1 Å². The van der Waals surface area contributed by atoms with Gasteiger partial charge in [0.2, 0.25) is 29.5 Å². The van der Waals surface area contributed by atoms with E-state index in [4.69, 9.17) is 17.2 Å². The van der Waals surface area contributed by atoms with Gasteiger partial charge in [0, 0.05) is 24.9 Å². The molecule has 0 aliphatic heterocycles. The quantitative estimate of drug-likeness (QED) is 0.0384. The molecule has 48 heavy (non-hydrogen) atoms. The van der Waals surface area contributed by atoms with Crippen LogP contribution in [0.15, 0.2) is 17.5 Å². The fourth-order valence-corrected chi connectivity index (χ4v) is 4.41. The van der Waals surface area contributed by atoms with Crippen molar-refractivity contribution in [1.82, 2.24) is 36.6 Å². The molecule has 1 aromatic rings.